The minimum Gasteiger partial charge on any atom is -0.462 e. The van der Waals surface area contributed by atoms with E-state index in [4.69, 9.17) is 33.0 Å². The van der Waals surface area contributed by atoms with Crippen molar-refractivity contribution in [2.45, 2.75) is 212 Å². The number of likely N-dealkylation sites (N-methyl/N-ethyl adjacent to an activating group) is 1. The summed E-state index contributed by atoms with van der Waals surface area (Å²) < 4.78 is 40.1. The molecule has 1 heterocycles. The van der Waals surface area contributed by atoms with E-state index in [2.05, 4.69) is 13.8 Å². The Morgan fingerprint density at radius 2 is 1.02 bits per heavy atom. The molecule has 0 amide bonds. The molecular formula is C42H83NO11P+. The summed E-state index contributed by atoms with van der Waals surface area (Å²) in [6, 6.07) is 0. The van der Waals surface area contributed by atoms with E-state index in [1.807, 2.05) is 21.1 Å². The molecular weight excluding hydrogens is 725 g/mol. The maximum absolute atomic E-state index is 12.7. The van der Waals surface area contributed by atoms with Gasteiger partial charge in [0.15, 0.2) is 18.7 Å². The molecule has 1 N–H and O–H groups in total. The SMILES string of the molecule is CCCCCCCCCCCCCCCC(=O)OC[C@H](COP(=O)(O)OCC[N+](C)(C)C)OC(=O)CCCCCCCC1OOC(CCCCCCCC)O1. The number of esters is 2. The third-order valence-electron chi connectivity index (χ3n) is 9.84. The second kappa shape index (κ2) is 33.8. The van der Waals surface area contributed by atoms with Crippen LogP contribution < -0.4 is 0 Å². The van der Waals surface area contributed by atoms with Gasteiger partial charge in [-0.15, -0.1) is 0 Å². The summed E-state index contributed by atoms with van der Waals surface area (Å²) >= 11 is 0. The first-order valence-electron chi connectivity index (χ1n) is 22.2. The van der Waals surface area contributed by atoms with Crippen LogP contribution in [0, 0.1) is 0 Å². The predicted octanol–water partition coefficient (Wildman–Crippen LogP) is 10.9. The fourth-order valence-corrected chi connectivity index (χ4v) is 7.07. The molecule has 1 saturated heterocycles. The van der Waals surface area contributed by atoms with E-state index in [0.29, 0.717) is 17.4 Å². The summed E-state index contributed by atoms with van der Waals surface area (Å²) in [4.78, 5) is 46.1. The third kappa shape index (κ3) is 33.6. The molecule has 1 aliphatic heterocycles. The minimum absolute atomic E-state index is 0.0180. The lowest BCUT2D eigenvalue weighted by atomic mass is 10.0. The van der Waals surface area contributed by atoms with Crippen molar-refractivity contribution in [2.24, 2.45) is 0 Å². The van der Waals surface area contributed by atoms with Crippen molar-refractivity contribution in [3.63, 3.8) is 0 Å². The Hall–Kier alpha value is -1.11. The van der Waals surface area contributed by atoms with Crippen molar-refractivity contribution in [3.05, 3.63) is 0 Å². The van der Waals surface area contributed by atoms with Crippen LogP contribution in [-0.4, -0.2) is 87.5 Å². The van der Waals surface area contributed by atoms with Gasteiger partial charge in [0.2, 0.25) is 0 Å². The number of nitrogens with zero attached hydrogens (tertiary/aromatic N) is 1. The maximum Gasteiger partial charge on any atom is 0.472 e. The second-order valence-electron chi connectivity index (χ2n) is 16.4. The number of ether oxygens (including phenoxy) is 3. The number of quaternary nitrogens is 1. The first kappa shape index (κ1) is 51.9. The Morgan fingerprint density at radius 1 is 0.600 bits per heavy atom. The zero-order valence-electron chi connectivity index (χ0n) is 35.8. The van der Waals surface area contributed by atoms with Crippen LogP contribution in [0.2, 0.25) is 0 Å². The molecule has 0 aromatic carbocycles. The highest BCUT2D eigenvalue weighted by Crippen LogP contribution is 2.43. The molecule has 0 aromatic heterocycles. The molecule has 12 nitrogen and oxygen atoms in total. The molecule has 1 aliphatic rings. The van der Waals surface area contributed by atoms with Gasteiger partial charge in [-0.1, -0.05) is 142 Å². The number of hydrogen-bond acceptors (Lipinski definition) is 10. The fraction of sp³-hybridized carbons (Fsp3) is 0.952. The number of carbonyl (C=O) groups excluding carboxylic acids is 2. The van der Waals surface area contributed by atoms with E-state index < -0.39 is 26.5 Å². The van der Waals surface area contributed by atoms with Gasteiger partial charge in [-0.05, 0) is 25.7 Å². The number of carbonyl (C=O) groups is 2. The van der Waals surface area contributed by atoms with Gasteiger partial charge < -0.3 is 23.6 Å². The average Bonchev–Trinajstić information content (AvgIpc) is 3.59. The molecule has 0 spiro atoms. The molecule has 13 heteroatoms. The van der Waals surface area contributed by atoms with Crippen molar-refractivity contribution in [2.75, 3.05) is 47.5 Å². The summed E-state index contributed by atoms with van der Waals surface area (Å²) in [5, 5.41) is 0. The molecule has 1 fully saturated rings. The van der Waals surface area contributed by atoms with Gasteiger partial charge >= 0.3 is 19.8 Å². The van der Waals surface area contributed by atoms with E-state index in [-0.39, 0.29) is 44.6 Å². The van der Waals surface area contributed by atoms with E-state index in [9.17, 15) is 19.0 Å². The van der Waals surface area contributed by atoms with E-state index in [0.717, 1.165) is 64.2 Å². The fourth-order valence-electron chi connectivity index (χ4n) is 6.32. The van der Waals surface area contributed by atoms with Gasteiger partial charge in [0, 0.05) is 25.7 Å². The van der Waals surface area contributed by atoms with Crippen LogP contribution in [0.15, 0.2) is 0 Å². The molecule has 4 atom stereocenters. The minimum atomic E-state index is -4.39. The lowest BCUT2D eigenvalue weighted by molar-refractivity contribution is -0.870. The molecule has 326 valence electrons. The maximum atomic E-state index is 12.7. The summed E-state index contributed by atoms with van der Waals surface area (Å²) in [5.74, 6) is -0.857. The molecule has 0 radical (unpaired) electrons. The second-order valence-corrected chi connectivity index (χ2v) is 17.9. The van der Waals surface area contributed by atoms with Gasteiger partial charge in [0.1, 0.15) is 19.8 Å². The molecule has 3 unspecified atom stereocenters. The first-order chi connectivity index (χ1) is 26.4. The van der Waals surface area contributed by atoms with Crippen LogP contribution >= 0.6 is 7.82 Å². The average molecular weight is 809 g/mol. The molecule has 1 rings (SSSR count). The van der Waals surface area contributed by atoms with Crippen LogP contribution in [0.1, 0.15) is 194 Å². The summed E-state index contributed by atoms with van der Waals surface area (Å²) in [6.07, 6.45) is 28.0. The largest absolute Gasteiger partial charge is 0.472 e. The molecule has 0 aliphatic carbocycles. The number of phosphoric acid groups is 1. The Kier molecular flexibility index (Phi) is 31.9. The van der Waals surface area contributed by atoms with Gasteiger partial charge in [0.25, 0.3) is 0 Å². The van der Waals surface area contributed by atoms with E-state index in [1.165, 1.54) is 96.3 Å². The number of unbranched alkanes of at least 4 members (excludes halogenated alkanes) is 21. The number of hydrogen-bond donors (Lipinski definition) is 1. The highest BCUT2D eigenvalue weighted by atomic mass is 31.2. The normalized spacial score (nSPS) is 17.6. The molecule has 0 aromatic rings. The highest BCUT2D eigenvalue weighted by molar-refractivity contribution is 7.47. The van der Waals surface area contributed by atoms with Crippen LogP contribution in [0.4, 0.5) is 0 Å². The zero-order valence-corrected chi connectivity index (χ0v) is 36.7. The van der Waals surface area contributed by atoms with Crippen LogP contribution in [-0.2, 0) is 47.2 Å². The van der Waals surface area contributed by atoms with Crippen molar-refractivity contribution >= 4 is 19.8 Å². The summed E-state index contributed by atoms with van der Waals surface area (Å²) in [6.45, 7) is 4.31. The van der Waals surface area contributed by atoms with E-state index >= 15 is 0 Å². The van der Waals surface area contributed by atoms with Crippen LogP contribution in [0.3, 0.4) is 0 Å². The molecule has 55 heavy (non-hydrogen) atoms. The number of rotatable bonds is 39. The van der Waals surface area contributed by atoms with E-state index in [1.54, 1.807) is 0 Å². The van der Waals surface area contributed by atoms with Gasteiger partial charge in [-0.2, -0.15) is 0 Å². The van der Waals surface area contributed by atoms with Crippen molar-refractivity contribution in [1.29, 1.82) is 0 Å². The lowest BCUT2D eigenvalue weighted by Crippen LogP contribution is -2.37. The van der Waals surface area contributed by atoms with Crippen LogP contribution in [0.5, 0.6) is 0 Å². The summed E-state index contributed by atoms with van der Waals surface area (Å²) in [5.41, 5.74) is 0. The van der Waals surface area contributed by atoms with Crippen molar-refractivity contribution in [3.8, 4) is 0 Å². The monoisotopic (exact) mass is 809 g/mol. The Balaban J connectivity index is 2.30. The zero-order chi connectivity index (χ0) is 40.5. The third-order valence-corrected chi connectivity index (χ3v) is 10.8. The van der Waals surface area contributed by atoms with Crippen LogP contribution in [0.25, 0.3) is 0 Å². The van der Waals surface area contributed by atoms with Crippen molar-refractivity contribution < 1.29 is 56.6 Å². The van der Waals surface area contributed by atoms with Gasteiger partial charge in [-0.25, -0.2) is 14.3 Å². The Morgan fingerprint density at radius 3 is 1.47 bits per heavy atom. The smallest absolute Gasteiger partial charge is 0.462 e. The van der Waals surface area contributed by atoms with Gasteiger partial charge in [-0.3, -0.25) is 18.6 Å². The van der Waals surface area contributed by atoms with Gasteiger partial charge in [0.05, 0.1) is 27.7 Å². The Labute approximate surface area is 335 Å². The highest BCUT2D eigenvalue weighted by Gasteiger charge is 2.28. The number of phosphoric ester groups is 1. The topological polar surface area (TPSA) is 136 Å². The quantitative estimate of drug-likeness (QED) is 0.0209. The first-order valence-corrected chi connectivity index (χ1v) is 23.7. The molecule has 0 bridgehead atoms. The Bertz CT molecular complexity index is 980. The summed E-state index contributed by atoms with van der Waals surface area (Å²) in [7, 11) is 1.43. The molecule has 0 saturated carbocycles. The predicted molar refractivity (Wildman–Crippen MR) is 217 cm³/mol. The standard InChI is InChI=1S/C42H82NO11P/c1-6-8-10-12-14-15-16-17-18-19-20-22-26-30-39(44)48-36-38(37-50-55(46,47)49-35-34-43(3,4)5)51-40(45)31-27-23-21-25-29-33-42-52-41(53-54-42)32-28-24-13-11-9-7-2/h38,41-42H,6-37H2,1-5H3/p+1/t38-,41?,42?/m1/s1. The lowest BCUT2D eigenvalue weighted by Gasteiger charge is -2.24. The van der Waals surface area contributed by atoms with Crippen molar-refractivity contribution in [1.82, 2.24) is 0 Å².